The number of anilines is 1. The Balaban J connectivity index is 3.31. The van der Waals surface area contributed by atoms with E-state index in [1.165, 1.54) is 6.07 Å². The third-order valence-electron chi connectivity index (χ3n) is 1.38. The number of rotatable bonds is 1. The third kappa shape index (κ3) is 1.69. The van der Waals surface area contributed by atoms with Gasteiger partial charge in [-0.2, -0.15) is 5.26 Å². The van der Waals surface area contributed by atoms with Crippen molar-refractivity contribution in [1.29, 1.82) is 5.26 Å². The van der Waals surface area contributed by atoms with Gasteiger partial charge in [-0.25, -0.2) is 18.2 Å². The molecule has 1 rings (SSSR count). The van der Waals surface area contributed by atoms with Gasteiger partial charge in [-0.3, -0.25) is 0 Å². The number of alkyl halides is 2. The fraction of sp³-hybridized carbons (Fsp3) is 0.143. The number of nitrogens with zero attached hydrogens (tertiary/aromatic N) is 2. The lowest BCUT2D eigenvalue weighted by Gasteiger charge is -2.03. The van der Waals surface area contributed by atoms with Crippen LogP contribution in [0.4, 0.5) is 19.0 Å². The van der Waals surface area contributed by atoms with Crippen LogP contribution in [0.2, 0.25) is 0 Å². The number of nitrogens with two attached hydrogens (primary N) is 1. The van der Waals surface area contributed by atoms with Gasteiger partial charge in [0.2, 0.25) is 0 Å². The van der Waals surface area contributed by atoms with E-state index in [9.17, 15) is 13.2 Å². The highest BCUT2D eigenvalue weighted by Gasteiger charge is 2.16. The van der Waals surface area contributed by atoms with Crippen LogP contribution < -0.4 is 5.73 Å². The average Bonchev–Trinajstić information content (AvgIpc) is 2.07. The topological polar surface area (TPSA) is 62.7 Å². The second-order valence-corrected chi connectivity index (χ2v) is 2.21. The van der Waals surface area contributed by atoms with Crippen molar-refractivity contribution in [2.45, 2.75) is 6.43 Å². The zero-order chi connectivity index (χ0) is 10.0. The molecule has 6 heteroatoms. The summed E-state index contributed by atoms with van der Waals surface area (Å²) in [5.74, 6) is -1.61. The van der Waals surface area contributed by atoms with E-state index in [1.54, 1.807) is 0 Å². The summed E-state index contributed by atoms with van der Waals surface area (Å²) in [5.41, 5.74) is 3.78. The van der Waals surface area contributed by atoms with Crippen LogP contribution in [0, 0.1) is 17.1 Å². The van der Waals surface area contributed by atoms with Crippen LogP contribution in [0.25, 0.3) is 0 Å². The summed E-state index contributed by atoms with van der Waals surface area (Å²) in [6, 6.07) is 1.91. The molecule has 13 heavy (non-hydrogen) atoms. The molecule has 0 spiro atoms. The van der Waals surface area contributed by atoms with Gasteiger partial charge in [0.05, 0.1) is 5.56 Å². The molecule has 0 aliphatic carbocycles. The van der Waals surface area contributed by atoms with Crippen LogP contribution in [0.5, 0.6) is 0 Å². The van der Waals surface area contributed by atoms with Crippen molar-refractivity contribution in [3.8, 4) is 6.07 Å². The fourth-order valence-electron chi connectivity index (χ4n) is 0.770. The minimum Gasteiger partial charge on any atom is -0.383 e. The molecule has 1 aromatic rings. The van der Waals surface area contributed by atoms with Gasteiger partial charge < -0.3 is 5.73 Å². The van der Waals surface area contributed by atoms with Crippen LogP contribution in [-0.2, 0) is 0 Å². The molecule has 68 valence electrons. The second kappa shape index (κ2) is 3.31. The minimum absolute atomic E-state index is 0.519. The summed E-state index contributed by atoms with van der Waals surface area (Å²) in [4.78, 5) is 3.17. The Labute approximate surface area is 71.6 Å². The van der Waals surface area contributed by atoms with Gasteiger partial charge in [0, 0.05) is 0 Å². The Hall–Kier alpha value is -1.77. The van der Waals surface area contributed by atoms with E-state index in [2.05, 4.69) is 4.98 Å². The van der Waals surface area contributed by atoms with Gasteiger partial charge in [0.15, 0.2) is 11.5 Å². The number of nitrogen functional groups attached to an aromatic ring is 1. The molecule has 0 aromatic carbocycles. The number of nitriles is 1. The Bertz CT molecular complexity index is 370. The molecular formula is C7H4F3N3. The Morgan fingerprint density at radius 3 is 2.62 bits per heavy atom. The number of aromatic nitrogens is 1. The van der Waals surface area contributed by atoms with Crippen LogP contribution >= 0.6 is 0 Å². The predicted molar refractivity (Wildman–Crippen MR) is 38.3 cm³/mol. The summed E-state index contributed by atoms with van der Waals surface area (Å²) in [7, 11) is 0. The number of halogens is 3. The Morgan fingerprint density at radius 1 is 1.54 bits per heavy atom. The summed E-state index contributed by atoms with van der Waals surface area (Å²) < 4.78 is 36.9. The first-order chi connectivity index (χ1) is 6.06. The van der Waals surface area contributed by atoms with Crippen molar-refractivity contribution in [2.24, 2.45) is 0 Å². The summed E-state index contributed by atoms with van der Waals surface area (Å²) in [6.45, 7) is 0. The molecule has 0 radical (unpaired) electrons. The maximum atomic E-state index is 12.7. The maximum Gasteiger partial charge on any atom is 0.267 e. The second-order valence-electron chi connectivity index (χ2n) is 2.21. The molecule has 2 N–H and O–H groups in total. The van der Waals surface area contributed by atoms with E-state index in [1.807, 2.05) is 0 Å². The molecular weight excluding hydrogens is 183 g/mol. The third-order valence-corrected chi connectivity index (χ3v) is 1.38. The normalized spacial score (nSPS) is 10.1. The maximum absolute atomic E-state index is 12.7. The van der Waals surface area contributed by atoms with Crippen LogP contribution in [0.3, 0.4) is 0 Å². The zero-order valence-electron chi connectivity index (χ0n) is 6.26. The molecule has 1 heterocycles. The van der Waals surface area contributed by atoms with Crippen LogP contribution in [-0.4, -0.2) is 4.98 Å². The summed E-state index contributed by atoms with van der Waals surface area (Å²) >= 11 is 0. The molecule has 0 aliphatic heterocycles. The van der Waals surface area contributed by atoms with Crippen LogP contribution in [0.1, 0.15) is 17.7 Å². The van der Waals surface area contributed by atoms with Crippen LogP contribution in [0.15, 0.2) is 6.07 Å². The monoisotopic (exact) mass is 187 g/mol. The number of hydrogen-bond donors (Lipinski definition) is 1. The Kier molecular flexibility index (Phi) is 2.37. The fourth-order valence-corrected chi connectivity index (χ4v) is 0.770. The van der Waals surface area contributed by atoms with Gasteiger partial charge in [-0.05, 0) is 6.07 Å². The van der Waals surface area contributed by atoms with Crippen molar-refractivity contribution >= 4 is 5.82 Å². The standard InChI is InChI=1S/C7H4F3N3/c8-4-1-3(6(9)10)7(12)13-5(4)2-11/h1,6H,(H2,12,13). The Morgan fingerprint density at radius 2 is 2.15 bits per heavy atom. The lowest BCUT2D eigenvalue weighted by molar-refractivity contribution is 0.151. The van der Waals surface area contributed by atoms with Crippen molar-refractivity contribution in [3.63, 3.8) is 0 Å². The first-order valence-corrected chi connectivity index (χ1v) is 3.20. The van der Waals surface area contributed by atoms with Gasteiger partial charge in [-0.15, -0.1) is 0 Å². The van der Waals surface area contributed by atoms with Gasteiger partial charge in [0.25, 0.3) is 6.43 Å². The number of pyridine rings is 1. The minimum atomic E-state index is -2.89. The summed E-state index contributed by atoms with van der Waals surface area (Å²) in [6.07, 6.45) is -2.89. The van der Waals surface area contributed by atoms with E-state index in [-0.39, 0.29) is 0 Å². The quantitative estimate of drug-likeness (QED) is 0.726. The molecule has 0 fully saturated rings. The lowest BCUT2D eigenvalue weighted by Crippen LogP contribution is -2.02. The van der Waals surface area contributed by atoms with E-state index in [0.29, 0.717) is 6.07 Å². The van der Waals surface area contributed by atoms with Crippen molar-refractivity contribution in [2.75, 3.05) is 5.73 Å². The first kappa shape index (κ1) is 9.32. The molecule has 0 unspecified atom stereocenters. The van der Waals surface area contributed by atoms with Gasteiger partial charge >= 0.3 is 0 Å². The van der Waals surface area contributed by atoms with E-state index < -0.39 is 29.3 Å². The highest BCUT2D eigenvalue weighted by Crippen LogP contribution is 2.24. The molecule has 0 aliphatic rings. The molecule has 0 bridgehead atoms. The summed E-state index contributed by atoms with van der Waals surface area (Å²) in [5, 5.41) is 8.28. The van der Waals surface area contributed by atoms with Crippen molar-refractivity contribution in [3.05, 3.63) is 23.1 Å². The molecule has 3 nitrogen and oxygen atoms in total. The first-order valence-electron chi connectivity index (χ1n) is 3.20. The molecule has 0 saturated heterocycles. The zero-order valence-corrected chi connectivity index (χ0v) is 6.26. The van der Waals surface area contributed by atoms with Crippen molar-refractivity contribution < 1.29 is 13.2 Å². The highest BCUT2D eigenvalue weighted by atomic mass is 19.3. The van der Waals surface area contributed by atoms with Crippen molar-refractivity contribution in [1.82, 2.24) is 4.98 Å². The van der Waals surface area contributed by atoms with E-state index in [0.717, 1.165) is 0 Å². The smallest absolute Gasteiger partial charge is 0.267 e. The van der Waals surface area contributed by atoms with Gasteiger partial charge in [0.1, 0.15) is 11.9 Å². The largest absolute Gasteiger partial charge is 0.383 e. The average molecular weight is 187 g/mol. The highest BCUT2D eigenvalue weighted by molar-refractivity contribution is 5.44. The molecule has 0 amide bonds. The molecule has 1 aromatic heterocycles. The lowest BCUT2D eigenvalue weighted by atomic mass is 10.2. The SMILES string of the molecule is N#Cc1nc(N)c(C(F)F)cc1F. The molecule has 0 saturated carbocycles. The predicted octanol–water partition coefficient (Wildman–Crippen LogP) is 1.61. The van der Waals surface area contributed by atoms with E-state index in [4.69, 9.17) is 11.0 Å². The number of hydrogen-bond acceptors (Lipinski definition) is 3. The van der Waals surface area contributed by atoms with Gasteiger partial charge in [-0.1, -0.05) is 0 Å². The van der Waals surface area contributed by atoms with E-state index >= 15 is 0 Å². The molecule has 0 atom stereocenters.